The third kappa shape index (κ3) is 2.60. The van der Waals surface area contributed by atoms with Crippen LogP contribution in [-0.2, 0) is 0 Å². The van der Waals surface area contributed by atoms with Crippen molar-refractivity contribution < 1.29 is 0 Å². The van der Waals surface area contributed by atoms with Gasteiger partial charge < -0.3 is 4.90 Å². The van der Waals surface area contributed by atoms with Crippen molar-refractivity contribution >= 4 is 38.2 Å². The zero-order valence-corrected chi connectivity index (χ0v) is 16.9. The van der Waals surface area contributed by atoms with Crippen LogP contribution in [0.4, 0.5) is 5.82 Å². The molecule has 0 spiro atoms. The molecule has 0 aliphatic carbocycles. The van der Waals surface area contributed by atoms with Gasteiger partial charge in [0, 0.05) is 40.1 Å². The number of benzene rings is 2. The van der Waals surface area contributed by atoms with Gasteiger partial charge in [-0.1, -0.05) is 52.3 Å². The van der Waals surface area contributed by atoms with Crippen molar-refractivity contribution in [3.05, 3.63) is 64.8 Å². The average molecular weight is 408 g/mol. The van der Waals surface area contributed by atoms with E-state index < -0.39 is 0 Å². The number of hydrogen-bond acceptors (Lipinski definition) is 2. The van der Waals surface area contributed by atoms with Gasteiger partial charge in [-0.3, -0.25) is 4.40 Å². The Kier molecular flexibility index (Phi) is 4.45. The fraction of sp³-hybridized carbons (Fsp3) is 0.227. The van der Waals surface area contributed by atoms with E-state index in [2.05, 4.69) is 101 Å². The van der Waals surface area contributed by atoms with Gasteiger partial charge in [-0.05, 0) is 38.5 Å². The average Bonchev–Trinajstić information content (AvgIpc) is 3.03. The van der Waals surface area contributed by atoms with E-state index in [1.165, 1.54) is 22.3 Å². The highest BCUT2D eigenvalue weighted by Crippen LogP contribution is 2.36. The van der Waals surface area contributed by atoms with Gasteiger partial charge in [0.05, 0.1) is 0 Å². The van der Waals surface area contributed by atoms with Gasteiger partial charge in [-0.2, -0.15) is 0 Å². The van der Waals surface area contributed by atoms with Crippen LogP contribution in [-0.4, -0.2) is 22.5 Å². The highest BCUT2D eigenvalue weighted by Gasteiger charge is 2.20. The zero-order chi connectivity index (χ0) is 18.3. The lowest BCUT2D eigenvalue weighted by molar-refractivity contribution is 0.840. The van der Waals surface area contributed by atoms with Crippen LogP contribution in [0.1, 0.15) is 19.4 Å². The minimum Gasteiger partial charge on any atom is -0.356 e. The molecular weight excluding hydrogens is 386 g/mol. The van der Waals surface area contributed by atoms with Crippen LogP contribution in [0, 0.1) is 6.92 Å². The Labute approximate surface area is 162 Å². The molecule has 0 saturated carbocycles. The van der Waals surface area contributed by atoms with E-state index in [4.69, 9.17) is 4.98 Å². The number of aryl methyl sites for hydroxylation is 1. The van der Waals surface area contributed by atoms with E-state index in [0.717, 1.165) is 34.3 Å². The summed E-state index contributed by atoms with van der Waals surface area (Å²) in [4.78, 5) is 7.51. The summed E-state index contributed by atoms with van der Waals surface area (Å²) in [6.45, 7) is 8.43. The molecule has 2 aromatic carbocycles. The first-order valence-corrected chi connectivity index (χ1v) is 9.85. The van der Waals surface area contributed by atoms with Crippen molar-refractivity contribution in [2.24, 2.45) is 0 Å². The van der Waals surface area contributed by atoms with Crippen molar-refractivity contribution in [2.75, 3.05) is 18.0 Å². The fourth-order valence-corrected chi connectivity index (χ4v) is 4.15. The van der Waals surface area contributed by atoms with Crippen LogP contribution in [0.15, 0.2) is 59.2 Å². The van der Waals surface area contributed by atoms with Crippen molar-refractivity contribution in [1.82, 2.24) is 9.38 Å². The number of imidazole rings is 1. The maximum absolute atomic E-state index is 5.13. The molecule has 2 aromatic heterocycles. The summed E-state index contributed by atoms with van der Waals surface area (Å²) in [5.41, 5.74) is 4.50. The summed E-state index contributed by atoms with van der Waals surface area (Å²) in [5, 5.41) is 2.35. The van der Waals surface area contributed by atoms with Crippen molar-refractivity contribution in [2.45, 2.75) is 20.8 Å². The Bertz CT molecular complexity index is 1090. The largest absolute Gasteiger partial charge is 0.356 e. The predicted octanol–water partition coefficient (Wildman–Crippen LogP) is 6.07. The second-order valence-corrected chi connectivity index (χ2v) is 7.34. The zero-order valence-electron chi connectivity index (χ0n) is 15.3. The third-order valence-corrected chi connectivity index (χ3v) is 5.72. The molecule has 0 aliphatic heterocycles. The smallest absolute Gasteiger partial charge is 0.147 e. The molecule has 0 N–H and O–H groups in total. The molecule has 0 fully saturated rings. The normalized spacial score (nSPS) is 11.4. The number of fused-ring (bicyclic) bond motifs is 3. The van der Waals surface area contributed by atoms with Gasteiger partial charge in [-0.15, -0.1) is 0 Å². The quantitative estimate of drug-likeness (QED) is 0.409. The van der Waals surface area contributed by atoms with Gasteiger partial charge >= 0.3 is 0 Å². The van der Waals surface area contributed by atoms with Crippen LogP contribution in [0.5, 0.6) is 0 Å². The van der Waals surface area contributed by atoms with Gasteiger partial charge in [-0.25, -0.2) is 4.98 Å². The molecule has 4 aromatic rings. The van der Waals surface area contributed by atoms with Crippen LogP contribution in [0.2, 0.25) is 0 Å². The first-order chi connectivity index (χ1) is 12.7. The first kappa shape index (κ1) is 17.1. The number of aromatic nitrogens is 2. The third-order valence-electron chi connectivity index (χ3n) is 5.03. The lowest BCUT2D eigenvalue weighted by Gasteiger charge is -2.22. The molecule has 4 heteroatoms. The van der Waals surface area contributed by atoms with Crippen molar-refractivity contribution in [1.29, 1.82) is 0 Å². The van der Waals surface area contributed by atoms with Gasteiger partial charge in [0.25, 0.3) is 0 Å². The highest BCUT2D eigenvalue weighted by molar-refractivity contribution is 9.10. The van der Waals surface area contributed by atoms with Crippen LogP contribution in [0.3, 0.4) is 0 Å². The fourth-order valence-electron chi connectivity index (χ4n) is 3.65. The maximum atomic E-state index is 5.13. The van der Waals surface area contributed by atoms with E-state index in [-0.39, 0.29) is 0 Å². The van der Waals surface area contributed by atoms with Gasteiger partial charge in [0.1, 0.15) is 17.2 Å². The highest BCUT2D eigenvalue weighted by atomic mass is 79.9. The molecule has 2 heterocycles. The standard InChI is InChI=1S/C22H22BrN3/c1-4-25(5-2)22-20(16-10-7-6-9-15(16)3)24-21-18-11-8-12-19(23)17(18)13-14-26(21)22/h6-14H,4-5H2,1-3H3. The molecule has 4 rings (SSSR count). The molecule has 0 amide bonds. The Hall–Kier alpha value is -2.33. The van der Waals surface area contributed by atoms with Gasteiger partial charge in [0.15, 0.2) is 0 Å². The summed E-state index contributed by atoms with van der Waals surface area (Å²) in [6.07, 6.45) is 2.14. The number of anilines is 1. The summed E-state index contributed by atoms with van der Waals surface area (Å²) < 4.78 is 3.34. The van der Waals surface area contributed by atoms with Crippen molar-refractivity contribution in [3.8, 4) is 11.3 Å². The van der Waals surface area contributed by atoms with E-state index in [0.29, 0.717) is 0 Å². The lowest BCUT2D eigenvalue weighted by Crippen LogP contribution is -2.24. The van der Waals surface area contributed by atoms with E-state index in [1.807, 2.05) is 0 Å². The number of hydrogen-bond donors (Lipinski definition) is 0. The number of pyridine rings is 1. The molecule has 0 aliphatic rings. The van der Waals surface area contributed by atoms with Crippen molar-refractivity contribution in [3.63, 3.8) is 0 Å². The second kappa shape index (κ2) is 6.76. The van der Waals surface area contributed by atoms with Crippen LogP contribution >= 0.6 is 15.9 Å². The second-order valence-electron chi connectivity index (χ2n) is 6.48. The Balaban J connectivity index is 2.13. The Morgan fingerprint density at radius 2 is 1.73 bits per heavy atom. The molecule has 132 valence electrons. The van der Waals surface area contributed by atoms with E-state index in [1.54, 1.807) is 0 Å². The lowest BCUT2D eigenvalue weighted by atomic mass is 10.1. The summed E-state index contributed by atoms with van der Waals surface area (Å²) >= 11 is 3.67. The Morgan fingerprint density at radius 1 is 0.962 bits per heavy atom. The number of nitrogens with zero attached hydrogens (tertiary/aromatic N) is 3. The van der Waals surface area contributed by atoms with Crippen LogP contribution < -0.4 is 4.90 Å². The maximum Gasteiger partial charge on any atom is 0.147 e. The summed E-state index contributed by atoms with van der Waals surface area (Å²) in [5.74, 6) is 1.17. The minimum atomic E-state index is 0.944. The van der Waals surface area contributed by atoms with Crippen LogP contribution in [0.25, 0.3) is 27.7 Å². The summed E-state index contributed by atoms with van der Waals surface area (Å²) in [6, 6.07) is 17.0. The molecule has 0 unspecified atom stereocenters. The molecule has 0 saturated heterocycles. The predicted molar refractivity (Wildman–Crippen MR) is 114 cm³/mol. The summed E-state index contributed by atoms with van der Waals surface area (Å²) in [7, 11) is 0. The number of rotatable bonds is 4. The molecular formula is C22H22BrN3. The monoisotopic (exact) mass is 407 g/mol. The number of halogens is 1. The topological polar surface area (TPSA) is 20.5 Å². The van der Waals surface area contributed by atoms with E-state index in [9.17, 15) is 0 Å². The van der Waals surface area contributed by atoms with E-state index >= 15 is 0 Å². The minimum absolute atomic E-state index is 0.944. The SMILES string of the molecule is CCN(CC)c1c(-c2ccccc2C)nc2c3cccc(Br)c3ccn12. The molecule has 0 radical (unpaired) electrons. The van der Waals surface area contributed by atoms with Gasteiger partial charge in [0.2, 0.25) is 0 Å². The Morgan fingerprint density at radius 3 is 2.46 bits per heavy atom. The first-order valence-electron chi connectivity index (χ1n) is 9.06. The molecule has 26 heavy (non-hydrogen) atoms. The molecule has 0 bridgehead atoms. The molecule has 0 atom stereocenters. The molecule has 3 nitrogen and oxygen atoms in total.